The lowest BCUT2D eigenvalue weighted by Gasteiger charge is -2.41. The van der Waals surface area contributed by atoms with E-state index in [0.717, 1.165) is 12.1 Å². The van der Waals surface area contributed by atoms with E-state index in [2.05, 4.69) is 5.32 Å². The highest BCUT2D eigenvalue weighted by molar-refractivity contribution is 5.89. The number of carboxylic acid groups (broad SMARTS) is 1. The summed E-state index contributed by atoms with van der Waals surface area (Å²) in [5, 5.41) is 10.7. The summed E-state index contributed by atoms with van der Waals surface area (Å²) in [7, 11) is 0. The molecule has 1 heterocycles. The van der Waals surface area contributed by atoms with Gasteiger partial charge in [-0.1, -0.05) is 0 Å². The van der Waals surface area contributed by atoms with Crippen molar-refractivity contribution < 1.29 is 23.5 Å². The van der Waals surface area contributed by atoms with E-state index in [4.69, 9.17) is 5.11 Å². The number of carboxylic acids is 1. The highest BCUT2D eigenvalue weighted by atomic mass is 19.1. The number of hydrogen-bond acceptors (Lipinski definition) is 3. The number of halogens is 2. The second-order valence-electron chi connectivity index (χ2n) is 4.21. The Hall–Kier alpha value is -2.18. The number of carbonyl (C=O) groups is 2. The number of aliphatic carboxylic acids is 1. The number of hydrogen-bond donors (Lipinski definition) is 2. The van der Waals surface area contributed by atoms with Crippen LogP contribution in [-0.2, 0) is 9.59 Å². The summed E-state index contributed by atoms with van der Waals surface area (Å²) in [6.45, 7) is -0.0111. The van der Waals surface area contributed by atoms with Crippen molar-refractivity contribution in [3.05, 3.63) is 29.8 Å². The fourth-order valence-corrected chi connectivity index (χ4v) is 1.94. The average Bonchev–Trinajstić information content (AvgIpc) is 2.28. The summed E-state index contributed by atoms with van der Waals surface area (Å²) in [4.78, 5) is 23.5. The van der Waals surface area contributed by atoms with Gasteiger partial charge in [0.05, 0.1) is 5.69 Å². The van der Waals surface area contributed by atoms with Gasteiger partial charge in [-0.2, -0.15) is 0 Å². The first-order chi connectivity index (χ1) is 8.99. The Kier molecular flexibility index (Phi) is 3.64. The second kappa shape index (κ2) is 5.21. The summed E-state index contributed by atoms with van der Waals surface area (Å²) in [5.41, 5.74) is 0.142. The molecule has 7 heteroatoms. The van der Waals surface area contributed by atoms with Gasteiger partial charge in [0, 0.05) is 12.6 Å². The Morgan fingerprint density at radius 3 is 2.68 bits per heavy atom. The maximum Gasteiger partial charge on any atom is 0.322 e. The summed E-state index contributed by atoms with van der Waals surface area (Å²) >= 11 is 0. The van der Waals surface area contributed by atoms with E-state index in [-0.39, 0.29) is 5.69 Å². The van der Waals surface area contributed by atoms with Crippen molar-refractivity contribution in [2.75, 3.05) is 18.0 Å². The first-order valence-corrected chi connectivity index (χ1v) is 5.70. The zero-order chi connectivity index (χ0) is 14.0. The smallest absolute Gasteiger partial charge is 0.322 e. The molecule has 1 saturated heterocycles. The molecule has 102 valence electrons. The number of benzene rings is 1. The van der Waals surface area contributed by atoms with Gasteiger partial charge in [-0.15, -0.1) is 0 Å². The van der Waals surface area contributed by atoms with Crippen LogP contribution in [0.15, 0.2) is 18.2 Å². The minimum Gasteiger partial charge on any atom is -0.480 e. The van der Waals surface area contributed by atoms with Crippen molar-refractivity contribution in [1.29, 1.82) is 0 Å². The van der Waals surface area contributed by atoms with Crippen LogP contribution in [0.25, 0.3) is 0 Å². The van der Waals surface area contributed by atoms with Crippen LogP contribution in [0.5, 0.6) is 0 Å². The summed E-state index contributed by atoms with van der Waals surface area (Å²) < 4.78 is 26.4. The minimum absolute atomic E-state index is 0.142. The molecule has 1 fully saturated rings. The number of nitrogens with one attached hydrogen (secondary N) is 1. The number of nitrogens with zero attached hydrogens (tertiary/aromatic N) is 1. The van der Waals surface area contributed by atoms with Gasteiger partial charge in [-0.3, -0.25) is 9.59 Å². The molecule has 1 atom stereocenters. The highest BCUT2D eigenvalue weighted by Crippen LogP contribution is 2.29. The topological polar surface area (TPSA) is 69.6 Å². The van der Waals surface area contributed by atoms with Crippen molar-refractivity contribution in [1.82, 2.24) is 5.32 Å². The third-order valence-corrected chi connectivity index (χ3v) is 2.96. The third kappa shape index (κ3) is 2.81. The van der Waals surface area contributed by atoms with Gasteiger partial charge >= 0.3 is 5.97 Å². The van der Waals surface area contributed by atoms with E-state index in [0.29, 0.717) is 13.0 Å². The first-order valence-electron chi connectivity index (χ1n) is 5.70. The van der Waals surface area contributed by atoms with Crippen LogP contribution in [-0.4, -0.2) is 36.1 Å². The maximum absolute atomic E-state index is 13.6. The average molecular weight is 270 g/mol. The van der Waals surface area contributed by atoms with Crippen LogP contribution >= 0.6 is 0 Å². The molecule has 1 aromatic rings. The fraction of sp³-hybridized carbons (Fsp3) is 0.333. The third-order valence-electron chi connectivity index (χ3n) is 2.96. The predicted octanol–water partition coefficient (Wildman–Crippen LogP) is 0.744. The molecule has 0 saturated carbocycles. The van der Waals surface area contributed by atoms with Gasteiger partial charge in [0.2, 0.25) is 5.91 Å². The van der Waals surface area contributed by atoms with E-state index >= 15 is 0 Å². The molecule has 2 N–H and O–H groups in total. The first kappa shape index (κ1) is 13.3. The molecule has 1 unspecified atom stereocenters. The van der Waals surface area contributed by atoms with Gasteiger partial charge < -0.3 is 15.3 Å². The zero-order valence-corrected chi connectivity index (χ0v) is 9.90. The number of amides is 1. The van der Waals surface area contributed by atoms with Crippen molar-refractivity contribution >= 4 is 17.6 Å². The number of carbonyl (C=O) groups excluding carboxylic acids is 1. The Labute approximate surface area is 107 Å². The van der Waals surface area contributed by atoms with E-state index in [9.17, 15) is 18.4 Å². The molecule has 19 heavy (non-hydrogen) atoms. The quantitative estimate of drug-likeness (QED) is 0.847. The molecular formula is C12H12F2N2O3. The van der Waals surface area contributed by atoms with Crippen LogP contribution in [0.3, 0.4) is 0 Å². The number of rotatable bonds is 4. The van der Waals surface area contributed by atoms with E-state index in [1.165, 1.54) is 11.0 Å². The lowest BCUT2D eigenvalue weighted by molar-refractivity contribution is -0.138. The van der Waals surface area contributed by atoms with Crippen LogP contribution in [0.1, 0.15) is 6.42 Å². The molecule has 0 aliphatic carbocycles. The molecular weight excluding hydrogens is 258 g/mol. The predicted molar refractivity (Wildman–Crippen MR) is 62.8 cm³/mol. The molecule has 1 amide bonds. The molecule has 0 spiro atoms. The molecule has 0 radical (unpaired) electrons. The summed E-state index contributed by atoms with van der Waals surface area (Å²) in [6.07, 6.45) is 0.502. The molecule has 1 aliphatic heterocycles. The fourth-order valence-electron chi connectivity index (χ4n) is 1.94. The Balaban J connectivity index is 2.05. The molecule has 2 rings (SSSR count). The van der Waals surface area contributed by atoms with Gasteiger partial charge in [-0.05, 0) is 18.6 Å². The highest BCUT2D eigenvalue weighted by Gasteiger charge is 2.35. The molecule has 1 aliphatic rings. The van der Waals surface area contributed by atoms with Crippen LogP contribution in [0.2, 0.25) is 0 Å². The minimum atomic E-state index is -1.15. The van der Waals surface area contributed by atoms with Gasteiger partial charge in [0.15, 0.2) is 0 Å². The second-order valence-corrected chi connectivity index (χ2v) is 4.21. The molecule has 1 aromatic carbocycles. The van der Waals surface area contributed by atoms with Crippen molar-refractivity contribution in [2.24, 2.45) is 0 Å². The molecule has 0 bridgehead atoms. The van der Waals surface area contributed by atoms with E-state index < -0.39 is 36.1 Å². The summed E-state index contributed by atoms with van der Waals surface area (Å²) in [5.74, 6) is -3.05. The van der Waals surface area contributed by atoms with Crippen molar-refractivity contribution in [3.8, 4) is 0 Å². The number of anilines is 1. The standard InChI is InChI=1S/C12H12F2N2O3/c13-7-1-2-9(8(14)5-7)16-4-3-10(16)12(19)15-6-11(17)18/h1-2,5,10H,3-4,6H2,(H,15,19)(H,17,18). The SMILES string of the molecule is O=C(O)CNC(=O)C1CCN1c1ccc(F)cc1F. The Bertz CT molecular complexity index is 522. The van der Waals surface area contributed by atoms with Crippen LogP contribution in [0.4, 0.5) is 14.5 Å². The van der Waals surface area contributed by atoms with Crippen LogP contribution < -0.4 is 10.2 Å². The van der Waals surface area contributed by atoms with E-state index in [1.807, 2.05) is 0 Å². The van der Waals surface area contributed by atoms with Gasteiger partial charge in [-0.25, -0.2) is 8.78 Å². The Morgan fingerprint density at radius 1 is 1.42 bits per heavy atom. The lowest BCUT2D eigenvalue weighted by Crippen LogP contribution is -2.57. The van der Waals surface area contributed by atoms with Crippen LogP contribution in [0, 0.1) is 11.6 Å². The normalized spacial score (nSPS) is 17.8. The van der Waals surface area contributed by atoms with E-state index in [1.54, 1.807) is 0 Å². The monoisotopic (exact) mass is 270 g/mol. The lowest BCUT2D eigenvalue weighted by atomic mass is 10.0. The van der Waals surface area contributed by atoms with Gasteiger partial charge in [0.1, 0.15) is 24.2 Å². The van der Waals surface area contributed by atoms with Crippen molar-refractivity contribution in [2.45, 2.75) is 12.5 Å². The zero-order valence-electron chi connectivity index (χ0n) is 9.90. The molecule has 0 aromatic heterocycles. The molecule has 5 nitrogen and oxygen atoms in total. The largest absolute Gasteiger partial charge is 0.480 e. The summed E-state index contributed by atoms with van der Waals surface area (Å²) in [6, 6.07) is 2.52. The van der Waals surface area contributed by atoms with Gasteiger partial charge in [0.25, 0.3) is 0 Å². The Morgan fingerprint density at radius 2 is 2.16 bits per heavy atom. The maximum atomic E-state index is 13.6. The van der Waals surface area contributed by atoms with Crippen molar-refractivity contribution in [3.63, 3.8) is 0 Å².